The molecule has 43 heavy (non-hydrogen) atoms. The first kappa shape index (κ1) is 31.8. The van der Waals surface area contributed by atoms with Gasteiger partial charge in [0.1, 0.15) is 17.6 Å². The molecule has 4 rings (SSSR count). The number of aliphatic hydroxyl groups excluding tert-OH is 1. The van der Waals surface area contributed by atoms with Crippen LogP contribution in [0.4, 0.5) is 13.2 Å². The van der Waals surface area contributed by atoms with Gasteiger partial charge in [-0.3, -0.25) is 14.4 Å². The number of amides is 3. The molecule has 228 valence electrons. The summed E-state index contributed by atoms with van der Waals surface area (Å²) < 4.78 is 43.3. The molecule has 1 aliphatic rings. The van der Waals surface area contributed by atoms with E-state index in [4.69, 9.17) is 11.6 Å². The number of nitrogens with one attached hydrogen (secondary N) is 2. The summed E-state index contributed by atoms with van der Waals surface area (Å²) in [4.78, 5) is 40.6. The first-order chi connectivity index (χ1) is 20.3. The lowest BCUT2D eigenvalue weighted by atomic mass is 9.97. The molecule has 0 aliphatic carbocycles. The van der Waals surface area contributed by atoms with E-state index in [1.165, 1.54) is 31.2 Å². The second-order valence-electron chi connectivity index (χ2n) is 10.6. The van der Waals surface area contributed by atoms with Crippen LogP contribution in [0.2, 0.25) is 5.02 Å². The molecule has 8 nitrogen and oxygen atoms in total. The number of likely N-dealkylation sites (tertiary alicyclic amines) is 1. The Kier molecular flexibility index (Phi) is 9.66. The molecule has 3 aromatic carbocycles. The molecule has 3 aromatic rings. The number of hydrogen-bond acceptors (Lipinski definition) is 5. The summed E-state index contributed by atoms with van der Waals surface area (Å²) in [6.45, 7) is 1.31. The Hall–Kier alpha value is -4.09. The third-order valence-corrected chi connectivity index (χ3v) is 8.03. The van der Waals surface area contributed by atoms with Gasteiger partial charge in [-0.1, -0.05) is 61.0 Å². The van der Waals surface area contributed by atoms with Crippen LogP contribution in [0, 0.1) is 18.7 Å². The third-order valence-electron chi connectivity index (χ3n) is 7.68. The molecule has 1 heterocycles. The van der Waals surface area contributed by atoms with Crippen molar-refractivity contribution in [1.82, 2.24) is 15.5 Å². The standard InChI is InChI=1S/C31H31ClF3N3O5/c1-17-22(9-6-10-25(17)39)28(41)37-24(13-19-7-4-3-5-8-19)27(40)30(43)38-16-31(34,35)18(2)26(38)29(42)36-15-20-11-12-21(33)14-23(20)32/h3-12,14,18,24,26-27,39-40H,13,15-16H2,1-2H3,(H,36,42)(H,37,41)/t18?,24-,26-,27-/m0/s1. The quantitative estimate of drug-likeness (QED) is 0.290. The van der Waals surface area contributed by atoms with E-state index in [1.54, 1.807) is 30.3 Å². The number of phenolic OH excluding ortho intramolecular Hbond substituents is 1. The third kappa shape index (κ3) is 7.11. The van der Waals surface area contributed by atoms with Crippen LogP contribution in [0.3, 0.4) is 0 Å². The Morgan fingerprint density at radius 3 is 2.47 bits per heavy atom. The summed E-state index contributed by atoms with van der Waals surface area (Å²) in [5.41, 5.74) is 1.33. The summed E-state index contributed by atoms with van der Waals surface area (Å²) in [5, 5.41) is 26.4. The van der Waals surface area contributed by atoms with Crippen LogP contribution < -0.4 is 10.6 Å². The molecule has 4 atom stereocenters. The molecule has 4 N–H and O–H groups in total. The fourth-order valence-corrected chi connectivity index (χ4v) is 5.31. The van der Waals surface area contributed by atoms with Crippen LogP contribution in [0.5, 0.6) is 5.75 Å². The minimum atomic E-state index is -3.46. The second-order valence-corrected chi connectivity index (χ2v) is 11.0. The molecule has 0 bridgehead atoms. The van der Waals surface area contributed by atoms with Gasteiger partial charge in [0, 0.05) is 22.7 Å². The van der Waals surface area contributed by atoms with Crippen molar-refractivity contribution in [3.8, 4) is 5.75 Å². The molecule has 1 aliphatic heterocycles. The number of halogens is 4. The van der Waals surface area contributed by atoms with Crippen LogP contribution in [0.15, 0.2) is 66.7 Å². The van der Waals surface area contributed by atoms with Gasteiger partial charge in [0.25, 0.3) is 17.7 Å². The summed E-state index contributed by atoms with van der Waals surface area (Å²) in [5.74, 6) is -8.57. The zero-order chi connectivity index (χ0) is 31.5. The zero-order valence-electron chi connectivity index (χ0n) is 23.4. The van der Waals surface area contributed by atoms with E-state index in [0.717, 1.165) is 19.1 Å². The smallest absolute Gasteiger partial charge is 0.270 e. The lowest BCUT2D eigenvalue weighted by molar-refractivity contribution is -0.147. The minimum Gasteiger partial charge on any atom is -0.508 e. The van der Waals surface area contributed by atoms with Gasteiger partial charge in [-0.05, 0) is 48.7 Å². The van der Waals surface area contributed by atoms with Crippen LogP contribution in [0.1, 0.15) is 34.0 Å². The monoisotopic (exact) mass is 617 g/mol. The Balaban J connectivity index is 1.58. The highest BCUT2D eigenvalue weighted by Crippen LogP contribution is 2.38. The summed E-state index contributed by atoms with van der Waals surface area (Å²) >= 11 is 6.02. The molecule has 3 amide bonds. The maximum atomic E-state index is 14.9. The van der Waals surface area contributed by atoms with Crippen molar-refractivity contribution in [1.29, 1.82) is 0 Å². The Morgan fingerprint density at radius 1 is 1.09 bits per heavy atom. The Bertz CT molecular complexity index is 1510. The van der Waals surface area contributed by atoms with Crippen molar-refractivity contribution in [3.05, 3.63) is 99.8 Å². The number of aliphatic hydroxyl groups is 1. The number of hydrogen-bond donors (Lipinski definition) is 4. The highest BCUT2D eigenvalue weighted by molar-refractivity contribution is 6.31. The van der Waals surface area contributed by atoms with Crippen molar-refractivity contribution in [2.75, 3.05) is 6.54 Å². The number of phenols is 1. The second kappa shape index (κ2) is 13.0. The highest BCUT2D eigenvalue weighted by Gasteiger charge is 2.57. The Morgan fingerprint density at radius 2 is 1.79 bits per heavy atom. The maximum absolute atomic E-state index is 14.9. The molecular formula is C31H31ClF3N3O5. The topological polar surface area (TPSA) is 119 Å². The van der Waals surface area contributed by atoms with E-state index in [2.05, 4.69) is 10.6 Å². The van der Waals surface area contributed by atoms with Gasteiger partial charge >= 0.3 is 0 Å². The van der Waals surface area contributed by atoms with Gasteiger partial charge < -0.3 is 25.7 Å². The molecule has 1 saturated heterocycles. The molecule has 0 saturated carbocycles. The average Bonchev–Trinajstić information content (AvgIpc) is 3.21. The highest BCUT2D eigenvalue weighted by atomic mass is 35.5. The van der Waals surface area contributed by atoms with Gasteiger partial charge in [0.05, 0.1) is 18.5 Å². The van der Waals surface area contributed by atoms with Crippen molar-refractivity contribution < 1.29 is 37.8 Å². The van der Waals surface area contributed by atoms with Crippen molar-refractivity contribution in [2.24, 2.45) is 5.92 Å². The SMILES string of the molecule is Cc1c(O)cccc1C(=O)N[C@@H](Cc1ccccc1)[C@H](O)C(=O)N1CC(F)(F)C(C)[C@H]1C(=O)NCc1ccc(F)cc1Cl. The van der Waals surface area contributed by atoms with Gasteiger partial charge in [-0.2, -0.15) is 0 Å². The zero-order valence-corrected chi connectivity index (χ0v) is 24.1. The number of aromatic hydroxyl groups is 1. The van der Waals surface area contributed by atoms with E-state index in [0.29, 0.717) is 16.0 Å². The van der Waals surface area contributed by atoms with E-state index in [1.807, 2.05) is 0 Å². The summed E-state index contributed by atoms with van der Waals surface area (Å²) in [6, 6.07) is 13.5. The summed E-state index contributed by atoms with van der Waals surface area (Å²) in [6.07, 6.45) is -2.05. The van der Waals surface area contributed by atoms with Gasteiger partial charge in [-0.25, -0.2) is 13.2 Å². The molecule has 0 aromatic heterocycles. The minimum absolute atomic E-state index is 0.0231. The predicted octanol–water partition coefficient (Wildman–Crippen LogP) is 3.99. The lowest BCUT2D eigenvalue weighted by Crippen LogP contribution is -2.56. The van der Waals surface area contributed by atoms with Gasteiger partial charge in [-0.15, -0.1) is 0 Å². The van der Waals surface area contributed by atoms with Crippen LogP contribution in [-0.4, -0.2) is 63.5 Å². The van der Waals surface area contributed by atoms with Crippen molar-refractivity contribution in [3.63, 3.8) is 0 Å². The maximum Gasteiger partial charge on any atom is 0.270 e. The molecule has 1 unspecified atom stereocenters. The molecule has 0 radical (unpaired) electrons. The van der Waals surface area contributed by atoms with E-state index >= 15 is 0 Å². The van der Waals surface area contributed by atoms with Crippen molar-refractivity contribution in [2.45, 2.75) is 50.9 Å². The number of benzene rings is 3. The fraction of sp³-hybridized carbons (Fsp3) is 0.323. The van der Waals surface area contributed by atoms with Crippen molar-refractivity contribution >= 4 is 29.3 Å². The number of alkyl halides is 2. The lowest BCUT2D eigenvalue weighted by Gasteiger charge is -2.31. The van der Waals surface area contributed by atoms with E-state index in [9.17, 15) is 37.8 Å². The Labute approximate surface area is 251 Å². The first-order valence-corrected chi connectivity index (χ1v) is 13.9. The largest absolute Gasteiger partial charge is 0.508 e. The average molecular weight is 618 g/mol. The number of carbonyl (C=O) groups excluding carboxylic acids is 3. The number of nitrogens with zero attached hydrogens (tertiary/aromatic N) is 1. The van der Waals surface area contributed by atoms with Gasteiger partial charge in [0.2, 0.25) is 5.91 Å². The van der Waals surface area contributed by atoms with Crippen LogP contribution >= 0.6 is 11.6 Å². The molecule has 1 fully saturated rings. The molecule has 12 heteroatoms. The number of rotatable bonds is 9. The van der Waals surface area contributed by atoms with Gasteiger partial charge in [0.15, 0.2) is 6.10 Å². The van der Waals surface area contributed by atoms with Crippen LogP contribution in [-0.2, 0) is 22.6 Å². The predicted molar refractivity (Wildman–Crippen MR) is 153 cm³/mol. The number of carbonyl (C=O) groups is 3. The van der Waals surface area contributed by atoms with E-state index in [-0.39, 0.29) is 34.9 Å². The first-order valence-electron chi connectivity index (χ1n) is 13.5. The summed E-state index contributed by atoms with van der Waals surface area (Å²) in [7, 11) is 0. The fourth-order valence-electron chi connectivity index (χ4n) is 5.07. The van der Waals surface area contributed by atoms with Crippen LogP contribution in [0.25, 0.3) is 0 Å². The van der Waals surface area contributed by atoms with E-state index < -0.39 is 60.1 Å². The molecular weight excluding hydrogens is 587 g/mol. The molecule has 0 spiro atoms. The normalized spacial score (nSPS) is 19.0.